The maximum absolute atomic E-state index is 14.4. The second-order valence-electron chi connectivity index (χ2n) is 5.35. The Bertz CT molecular complexity index is 771. The largest absolute Gasteiger partial charge is 0.480 e. The highest BCUT2D eigenvalue weighted by Gasteiger charge is 2.45. The van der Waals surface area contributed by atoms with Gasteiger partial charge in [0.2, 0.25) is 0 Å². The van der Waals surface area contributed by atoms with Crippen LogP contribution in [0.25, 0.3) is 11.1 Å². The third-order valence-corrected chi connectivity index (χ3v) is 3.81. The van der Waals surface area contributed by atoms with Crippen molar-refractivity contribution in [1.82, 2.24) is 0 Å². The van der Waals surface area contributed by atoms with Gasteiger partial charge in [-0.1, -0.05) is 24.3 Å². The van der Waals surface area contributed by atoms with Crippen molar-refractivity contribution in [3.8, 4) is 11.1 Å². The molecule has 0 aliphatic heterocycles. The fourth-order valence-corrected chi connectivity index (χ4v) is 2.29. The van der Waals surface area contributed by atoms with Gasteiger partial charge in [-0.25, -0.2) is 8.78 Å². The molecule has 1 atom stereocenters. The van der Waals surface area contributed by atoms with Gasteiger partial charge in [-0.15, -0.1) is 0 Å². The van der Waals surface area contributed by atoms with Crippen molar-refractivity contribution >= 4 is 11.9 Å². The molecule has 2 aromatic rings. The summed E-state index contributed by atoms with van der Waals surface area (Å²) in [5.41, 5.74) is -1.43. The number of carbonyl (C=O) groups excluding carboxylic acids is 1. The number of rotatable bonds is 5. The normalized spacial score (nSPS) is 13.2. The standard InChI is InChI=1S/C18H16F2O4/c1-3-24-17(23)18(2,16(21)22)12-6-9-14(15(20)10-12)11-4-7-13(19)8-5-11/h4-10H,3H2,1-2H3,(H,21,22). The Morgan fingerprint density at radius 2 is 1.75 bits per heavy atom. The number of aliphatic carboxylic acids is 1. The molecule has 0 heterocycles. The van der Waals surface area contributed by atoms with Crippen molar-refractivity contribution in [2.45, 2.75) is 19.3 Å². The van der Waals surface area contributed by atoms with Crippen molar-refractivity contribution in [2.75, 3.05) is 6.61 Å². The number of halogens is 2. The average molecular weight is 334 g/mol. The van der Waals surface area contributed by atoms with E-state index in [4.69, 9.17) is 4.74 Å². The lowest BCUT2D eigenvalue weighted by Crippen LogP contribution is -2.42. The van der Waals surface area contributed by atoms with Gasteiger partial charge in [-0.2, -0.15) is 0 Å². The Hall–Kier alpha value is -2.76. The molecule has 4 nitrogen and oxygen atoms in total. The molecule has 0 bridgehead atoms. The molecule has 0 aliphatic rings. The van der Waals surface area contributed by atoms with Gasteiger partial charge in [0, 0.05) is 5.56 Å². The Labute approximate surface area is 137 Å². The SMILES string of the molecule is CCOC(=O)C(C)(C(=O)O)c1ccc(-c2ccc(F)cc2)c(F)c1. The lowest BCUT2D eigenvalue weighted by molar-refractivity contribution is -0.160. The summed E-state index contributed by atoms with van der Waals surface area (Å²) in [5, 5.41) is 9.43. The highest BCUT2D eigenvalue weighted by molar-refractivity contribution is 6.05. The molecule has 1 N–H and O–H groups in total. The summed E-state index contributed by atoms with van der Waals surface area (Å²) in [5.74, 6) is -3.56. The first-order valence-electron chi connectivity index (χ1n) is 7.27. The Kier molecular flexibility index (Phi) is 4.97. The molecule has 0 fully saturated rings. The summed E-state index contributed by atoms with van der Waals surface area (Å²) in [6.07, 6.45) is 0. The Morgan fingerprint density at radius 3 is 2.25 bits per heavy atom. The van der Waals surface area contributed by atoms with Crippen LogP contribution in [0.5, 0.6) is 0 Å². The zero-order chi connectivity index (χ0) is 17.9. The summed E-state index contributed by atoms with van der Waals surface area (Å²) in [6, 6.07) is 8.92. The summed E-state index contributed by atoms with van der Waals surface area (Å²) in [6.45, 7) is 2.73. The number of carboxylic acid groups (broad SMARTS) is 1. The van der Waals surface area contributed by atoms with Crippen LogP contribution < -0.4 is 0 Å². The molecular formula is C18H16F2O4. The number of esters is 1. The first-order chi connectivity index (χ1) is 11.3. The topological polar surface area (TPSA) is 63.6 Å². The van der Waals surface area contributed by atoms with E-state index in [1.807, 2.05) is 0 Å². The number of carbonyl (C=O) groups is 2. The van der Waals surface area contributed by atoms with E-state index in [1.54, 1.807) is 6.92 Å². The van der Waals surface area contributed by atoms with Gasteiger partial charge in [-0.05, 0) is 43.2 Å². The molecule has 1 unspecified atom stereocenters. The van der Waals surface area contributed by atoms with E-state index in [1.165, 1.54) is 43.3 Å². The number of hydrogen-bond donors (Lipinski definition) is 1. The predicted octanol–water partition coefficient (Wildman–Crippen LogP) is 3.54. The van der Waals surface area contributed by atoms with Crippen LogP contribution in [-0.2, 0) is 19.7 Å². The number of hydrogen-bond acceptors (Lipinski definition) is 3. The molecule has 6 heteroatoms. The number of ether oxygens (including phenoxy) is 1. The molecule has 0 aromatic heterocycles. The molecule has 0 spiro atoms. The zero-order valence-corrected chi connectivity index (χ0v) is 13.2. The fourth-order valence-electron chi connectivity index (χ4n) is 2.29. The summed E-state index contributed by atoms with van der Waals surface area (Å²) < 4.78 is 32.2. The van der Waals surface area contributed by atoms with Gasteiger partial charge in [0.1, 0.15) is 11.6 Å². The summed E-state index contributed by atoms with van der Waals surface area (Å²) in [7, 11) is 0. The first kappa shape index (κ1) is 17.6. The van der Waals surface area contributed by atoms with Crippen molar-refractivity contribution < 1.29 is 28.2 Å². The lowest BCUT2D eigenvalue weighted by Gasteiger charge is -2.23. The van der Waals surface area contributed by atoms with Crippen LogP contribution in [0.1, 0.15) is 19.4 Å². The van der Waals surface area contributed by atoms with E-state index in [0.717, 1.165) is 6.07 Å². The van der Waals surface area contributed by atoms with E-state index in [0.29, 0.717) is 5.56 Å². The molecule has 2 aromatic carbocycles. The third kappa shape index (κ3) is 3.13. The average Bonchev–Trinajstić information content (AvgIpc) is 2.55. The zero-order valence-electron chi connectivity index (χ0n) is 13.2. The van der Waals surface area contributed by atoms with E-state index in [2.05, 4.69) is 0 Å². The number of benzene rings is 2. The van der Waals surface area contributed by atoms with Crippen molar-refractivity contribution in [3.05, 3.63) is 59.7 Å². The Morgan fingerprint density at radius 1 is 1.12 bits per heavy atom. The maximum atomic E-state index is 14.4. The van der Waals surface area contributed by atoms with Gasteiger partial charge in [0.15, 0.2) is 5.41 Å². The molecular weight excluding hydrogens is 318 g/mol. The van der Waals surface area contributed by atoms with Crippen LogP contribution in [0.2, 0.25) is 0 Å². The van der Waals surface area contributed by atoms with Gasteiger partial charge >= 0.3 is 11.9 Å². The van der Waals surface area contributed by atoms with Crippen LogP contribution in [0.15, 0.2) is 42.5 Å². The van der Waals surface area contributed by atoms with E-state index >= 15 is 0 Å². The number of carboxylic acids is 1. The molecule has 0 amide bonds. The minimum Gasteiger partial charge on any atom is -0.480 e. The van der Waals surface area contributed by atoms with E-state index in [-0.39, 0.29) is 17.7 Å². The molecule has 0 saturated heterocycles. The molecule has 0 radical (unpaired) electrons. The van der Waals surface area contributed by atoms with Crippen molar-refractivity contribution in [2.24, 2.45) is 0 Å². The highest BCUT2D eigenvalue weighted by Crippen LogP contribution is 2.31. The minimum absolute atomic E-state index is 0.0118. The predicted molar refractivity (Wildman–Crippen MR) is 83.4 cm³/mol. The van der Waals surface area contributed by atoms with Crippen LogP contribution in [0, 0.1) is 11.6 Å². The van der Waals surface area contributed by atoms with Crippen LogP contribution in [0.3, 0.4) is 0 Å². The molecule has 0 aliphatic carbocycles. The lowest BCUT2D eigenvalue weighted by atomic mass is 9.81. The van der Waals surface area contributed by atoms with Gasteiger partial charge in [0.25, 0.3) is 0 Å². The summed E-state index contributed by atoms with van der Waals surface area (Å²) >= 11 is 0. The van der Waals surface area contributed by atoms with E-state index in [9.17, 15) is 23.5 Å². The smallest absolute Gasteiger partial charge is 0.327 e. The van der Waals surface area contributed by atoms with Crippen molar-refractivity contribution in [3.63, 3.8) is 0 Å². The first-order valence-corrected chi connectivity index (χ1v) is 7.27. The van der Waals surface area contributed by atoms with Crippen LogP contribution >= 0.6 is 0 Å². The molecule has 24 heavy (non-hydrogen) atoms. The fraction of sp³-hybridized carbons (Fsp3) is 0.222. The molecule has 126 valence electrons. The van der Waals surface area contributed by atoms with Gasteiger partial charge < -0.3 is 9.84 Å². The summed E-state index contributed by atoms with van der Waals surface area (Å²) in [4.78, 5) is 23.6. The highest BCUT2D eigenvalue weighted by atomic mass is 19.1. The molecule has 0 saturated carbocycles. The quantitative estimate of drug-likeness (QED) is 0.671. The molecule has 2 rings (SSSR count). The van der Waals surface area contributed by atoms with Crippen LogP contribution in [-0.4, -0.2) is 23.7 Å². The van der Waals surface area contributed by atoms with Gasteiger partial charge in [-0.3, -0.25) is 9.59 Å². The van der Waals surface area contributed by atoms with Crippen molar-refractivity contribution in [1.29, 1.82) is 0 Å². The van der Waals surface area contributed by atoms with Crippen LogP contribution in [0.4, 0.5) is 8.78 Å². The monoisotopic (exact) mass is 334 g/mol. The minimum atomic E-state index is -2.02. The second-order valence-corrected chi connectivity index (χ2v) is 5.35. The van der Waals surface area contributed by atoms with E-state index < -0.39 is 29.0 Å². The maximum Gasteiger partial charge on any atom is 0.327 e. The third-order valence-electron chi connectivity index (χ3n) is 3.81. The second kappa shape index (κ2) is 6.78. The Balaban J connectivity index is 2.49. The van der Waals surface area contributed by atoms with Gasteiger partial charge in [0.05, 0.1) is 6.61 Å².